The number of amides is 1. The first kappa shape index (κ1) is 19.8. The molecular formula is C20H25N5O3. The van der Waals surface area contributed by atoms with Gasteiger partial charge in [-0.3, -0.25) is 19.8 Å². The molecule has 0 radical (unpaired) electrons. The molecule has 2 heterocycles. The molecule has 2 aromatic rings. The maximum absolute atomic E-state index is 11.5. The fourth-order valence-electron chi connectivity index (χ4n) is 3.56. The highest BCUT2D eigenvalue weighted by Gasteiger charge is 2.23. The third kappa shape index (κ3) is 5.04. The number of nitrogens with one attached hydrogen (secondary N) is 1. The van der Waals surface area contributed by atoms with Crippen LogP contribution in [0.1, 0.15) is 29.5 Å². The van der Waals surface area contributed by atoms with Gasteiger partial charge in [0, 0.05) is 25.2 Å². The van der Waals surface area contributed by atoms with Crippen LogP contribution in [0, 0.1) is 23.0 Å². The van der Waals surface area contributed by atoms with E-state index in [1.807, 2.05) is 12.1 Å². The summed E-state index contributed by atoms with van der Waals surface area (Å²) in [4.78, 5) is 28.3. The van der Waals surface area contributed by atoms with E-state index >= 15 is 0 Å². The predicted octanol–water partition coefficient (Wildman–Crippen LogP) is 2.61. The van der Waals surface area contributed by atoms with Gasteiger partial charge in [0.05, 0.1) is 10.8 Å². The van der Waals surface area contributed by atoms with Crippen molar-refractivity contribution in [3.63, 3.8) is 0 Å². The summed E-state index contributed by atoms with van der Waals surface area (Å²) in [6, 6.07) is 9.91. The van der Waals surface area contributed by atoms with Gasteiger partial charge in [0.1, 0.15) is 12.0 Å². The zero-order valence-corrected chi connectivity index (χ0v) is 15.9. The predicted molar refractivity (Wildman–Crippen MR) is 107 cm³/mol. The van der Waals surface area contributed by atoms with Crippen LogP contribution in [0.15, 0.2) is 36.5 Å². The molecule has 3 rings (SSSR count). The Kier molecular flexibility index (Phi) is 6.20. The van der Waals surface area contributed by atoms with E-state index in [4.69, 9.17) is 5.73 Å². The monoisotopic (exact) mass is 383 g/mol. The molecule has 1 fully saturated rings. The van der Waals surface area contributed by atoms with Gasteiger partial charge < -0.3 is 11.1 Å². The molecule has 8 heteroatoms. The van der Waals surface area contributed by atoms with Crippen molar-refractivity contribution < 1.29 is 9.72 Å². The summed E-state index contributed by atoms with van der Waals surface area (Å²) in [7, 11) is 0. The molecule has 1 unspecified atom stereocenters. The van der Waals surface area contributed by atoms with Crippen molar-refractivity contribution in [2.45, 2.75) is 32.9 Å². The van der Waals surface area contributed by atoms with E-state index in [2.05, 4.69) is 27.3 Å². The number of pyridine rings is 1. The number of primary amides is 1. The zero-order valence-electron chi connectivity index (χ0n) is 15.9. The second-order valence-electron chi connectivity index (χ2n) is 7.26. The summed E-state index contributed by atoms with van der Waals surface area (Å²) < 4.78 is 0. The highest BCUT2D eigenvalue weighted by Crippen LogP contribution is 2.21. The number of nitrogens with two attached hydrogens (primary N) is 1. The first-order valence-corrected chi connectivity index (χ1v) is 9.37. The van der Waals surface area contributed by atoms with Crippen LogP contribution in [0.4, 0.5) is 11.5 Å². The number of rotatable bonds is 7. The fraction of sp³-hybridized carbons (Fsp3) is 0.400. The molecule has 0 saturated carbocycles. The van der Waals surface area contributed by atoms with Crippen LogP contribution in [0.25, 0.3) is 0 Å². The van der Waals surface area contributed by atoms with E-state index < -0.39 is 4.92 Å². The van der Waals surface area contributed by atoms with Crippen LogP contribution in [-0.4, -0.2) is 33.8 Å². The largest absolute Gasteiger partial charge is 0.369 e. The Morgan fingerprint density at radius 3 is 2.89 bits per heavy atom. The molecule has 1 aromatic carbocycles. The summed E-state index contributed by atoms with van der Waals surface area (Å²) in [5, 5.41) is 14.1. The van der Waals surface area contributed by atoms with Crippen molar-refractivity contribution in [3.8, 4) is 0 Å². The van der Waals surface area contributed by atoms with Crippen molar-refractivity contribution in [2.24, 2.45) is 11.7 Å². The molecule has 1 aromatic heterocycles. The molecule has 0 bridgehead atoms. The molecule has 1 atom stereocenters. The summed E-state index contributed by atoms with van der Waals surface area (Å²) in [5.74, 6) is 0.331. The van der Waals surface area contributed by atoms with Crippen LogP contribution < -0.4 is 11.1 Å². The molecule has 1 saturated heterocycles. The third-order valence-electron chi connectivity index (χ3n) is 5.06. The minimum atomic E-state index is -0.432. The number of likely N-dealkylation sites (tertiary alicyclic amines) is 1. The van der Waals surface area contributed by atoms with Gasteiger partial charge in [-0.15, -0.1) is 0 Å². The molecule has 0 spiro atoms. The fourth-order valence-corrected chi connectivity index (χ4v) is 3.56. The van der Waals surface area contributed by atoms with E-state index in [9.17, 15) is 14.9 Å². The van der Waals surface area contributed by atoms with Crippen LogP contribution in [0.3, 0.4) is 0 Å². The lowest BCUT2D eigenvalue weighted by Crippen LogP contribution is -2.40. The lowest BCUT2D eigenvalue weighted by atomic mass is 9.97. The van der Waals surface area contributed by atoms with E-state index in [0.717, 1.165) is 31.5 Å². The van der Waals surface area contributed by atoms with Gasteiger partial charge in [-0.1, -0.05) is 24.3 Å². The first-order chi connectivity index (χ1) is 13.4. The second-order valence-corrected chi connectivity index (χ2v) is 7.26. The SMILES string of the molecule is Cc1cc(NCc2cccc(CN3CCCC(C(N)=O)C3)c2)ncc1[N+](=O)[O-]. The number of hydrogen-bond donors (Lipinski definition) is 2. The number of aryl methyl sites for hydroxylation is 1. The zero-order chi connectivity index (χ0) is 20.1. The van der Waals surface area contributed by atoms with Gasteiger partial charge in [0.2, 0.25) is 5.91 Å². The van der Waals surface area contributed by atoms with Gasteiger partial charge in [-0.25, -0.2) is 4.98 Å². The van der Waals surface area contributed by atoms with E-state index in [-0.39, 0.29) is 17.5 Å². The molecular weight excluding hydrogens is 358 g/mol. The van der Waals surface area contributed by atoms with Gasteiger partial charge in [0.25, 0.3) is 5.69 Å². The second kappa shape index (κ2) is 8.79. The third-order valence-corrected chi connectivity index (χ3v) is 5.06. The summed E-state index contributed by atoms with van der Waals surface area (Å²) in [6.45, 7) is 4.74. The lowest BCUT2D eigenvalue weighted by molar-refractivity contribution is -0.385. The Morgan fingerprint density at radius 2 is 2.18 bits per heavy atom. The maximum atomic E-state index is 11.5. The molecule has 28 heavy (non-hydrogen) atoms. The number of nitro groups is 1. The van der Waals surface area contributed by atoms with Crippen molar-refractivity contribution in [1.82, 2.24) is 9.88 Å². The summed E-state index contributed by atoms with van der Waals surface area (Å²) >= 11 is 0. The molecule has 8 nitrogen and oxygen atoms in total. The average molecular weight is 383 g/mol. The lowest BCUT2D eigenvalue weighted by Gasteiger charge is -2.31. The van der Waals surface area contributed by atoms with Crippen molar-refractivity contribution in [1.29, 1.82) is 0 Å². The molecule has 3 N–H and O–H groups in total. The van der Waals surface area contributed by atoms with Crippen molar-refractivity contribution in [3.05, 3.63) is 63.3 Å². The molecule has 0 aliphatic carbocycles. The summed E-state index contributed by atoms with van der Waals surface area (Å²) in [6.07, 6.45) is 3.14. The highest BCUT2D eigenvalue weighted by molar-refractivity contribution is 5.76. The van der Waals surface area contributed by atoms with Gasteiger partial charge >= 0.3 is 0 Å². The van der Waals surface area contributed by atoms with Gasteiger partial charge in [-0.05, 0) is 43.5 Å². The van der Waals surface area contributed by atoms with Crippen LogP contribution in [0.2, 0.25) is 0 Å². The Balaban J connectivity index is 1.60. The number of carbonyl (C=O) groups is 1. The number of hydrogen-bond acceptors (Lipinski definition) is 6. The number of piperidine rings is 1. The Labute approximate surface area is 163 Å². The molecule has 1 aliphatic rings. The topological polar surface area (TPSA) is 114 Å². The highest BCUT2D eigenvalue weighted by atomic mass is 16.6. The molecule has 148 valence electrons. The number of nitrogens with zero attached hydrogens (tertiary/aromatic N) is 3. The Hall–Kier alpha value is -3.00. The van der Waals surface area contributed by atoms with Crippen molar-refractivity contribution in [2.75, 3.05) is 18.4 Å². The smallest absolute Gasteiger partial charge is 0.290 e. The minimum Gasteiger partial charge on any atom is -0.369 e. The standard InChI is InChI=1S/C20H25N5O3/c1-14-8-19(23-11-18(14)25(27)28)22-10-15-4-2-5-16(9-15)12-24-7-3-6-17(13-24)20(21)26/h2,4-5,8-9,11,17H,3,6-7,10,12-13H2,1H3,(H2,21,26)(H,22,23). The van der Waals surface area contributed by atoms with E-state index in [1.165, 1.54) is 11.8 Å². The minimum absolute atomic E-state index is 0.0170. The normalized spacial score (nSPS) is 17.2. The average Bonchev–Trinajstić information content (AvgIpc) is 2.66. The number of benzene rings is 1. The molecule has 1 aliphatic heterocycles. The first-order valence-electron chi connectivity index (χ1n) is 9.37. The number of carbonyl (C=O) groups excluding carboxylic acids is 1. The van der Waals surface area contributed by atoms with E-state index in [0.29, 0.717) is 24.5 Å². The van der Waals surface area contributed by atoms with E-state index in [1.54, 1.807) is 13.0 Å². The molecule has 1 amide bonds. The summed E-state index contributed by atoms with van der Waals surface area (Å²) in [5.41, 5.74) is 8.33. The number of aromatic nitrogens is 1. The van der Waals surface area contributed by atoms with Crippen molar-refractivity contribution >= 4 is 17.4 Å². The number of anilines is 1. The van der Waals surface area contributed by atoms with Crippen LogP contribution in [-0.2, 0) is 17.9 Å². The maximum Gasteiger partial charge on any atom is 0.290 e. The van der Waals surface area contributed by atoms with Crippen LogP contribution >= 0.6 is 0 Å². The van der Waals surface area contributed by atoms with Gasteiger partial charge in [-0.2, -0.15) is 0 Å². The quantitative estimate of drug-likeness (QED) is 0.561. The van der Waals surface area contributed by atoms with Gasteiger partial charge in [0.15, 0.2) is 0 Å². The van der Waals surface area contributed by atoms with Crippen LogP contribution in [0.5, 0.6) is 0 Å². The Bertz CT molecular complexity index is 871. The Morgan fingerprint density at radius 1 is 1.39 bits per heavy atom.